The molecule has 2 atom stereocenters. The Bertz CT molecular complexity index is 534. The van der Waals surface area contributed by atoms with Gasteiger partial charge in [0.1, 0.15) is 4.90 Å². The van der Waals surface area contributed by atoms with Crippen molar-refractivity contribution in [2.75, 3.05) is 12.5 Å². The van der Waals surface area contributed by atoms with Gasteiger partial charge in [0.25, 0.3) is 0 Å². The number of nitrogens with zero attached hydrogens (tertiary/aromatic N) is 1. The maximum absolute atomic E-state index is 12.3. The zero-order valence-electron chi connectivity index (χ0n) is 10.7. The minimum absolute atomic E-state index is 0.0410. The molecule has 4 N–H and O–H groups in total. The lowest BCUT2D eigenvalue weighted by Gasteiger charge is -2.20. The molecule has 1 saturated carbocycles. The van der Waals surface area contributed by atoms with Crippen molar-refractivity contribution in [3.8, 4) is 0 Å². The lowest BCUT2D eigenvalue weighted by molar-refractivity contribution is 0.0916. The van der Waals surface area contributed by atoms with Gasteiger partial charge in [0.15, 0.2) is 5.82 Å². The molecule has 1 aliphatic rings. The summed E-state index contributed by atoms with van der Waals surface area (Å²) in [5, 5.41) is 0. The molecule has 1 aromatic rings. The molecule has 2 unspecified atom stereocenters. The van der Waals surface area contributed by atoms with Crippen molar-refractivity contribution in [3.05, 3.63) is 18.3 Å². The third kappa shape index (κ3) is 3.03. The molecule has 1 aromatic heterocycles. The number of nitrogen functional groups attached to an aromatic ring is 1. The van der Waals surface area contributed by atoms with Gasteiger partial charge < -0.3 is 10.2 Å². The SMILES string of the molecule is COC1CCCC1NS(=O)(=O)c1cccnc1NN. The van der Waals surface area contributed by atoms with Crippen LogP contribution in [-0.2, 0) is 14.8 Å². The van der Waals surface area contributed by atoms with E-state index in [9.17, 15) is 8.42 Å². The Morgan fingerprint density at radius 2 is 2.26 bits per heavy atom. The van der Waals surface area contributed by atoms with Crippen LogP contribution in [0.3, 0.4) is 0 Å². The van der Waals surface area contributed by atoms with E-state index in [0.717, 1.165) is 19.3 Å². The molecule has 0 spiro atoms. The molecule has 106 valence electrons. The van der Waals surface area contributed by atoms with E-state index in [-0.39, 0.29) is 22.9 Å². The fraction of sp³-hybridized carbons (Fsp3) is 0.545. The summed E-state index contributed by atoms with van der Waals surface area (Å²) in [6.45, 7) is 0. The summed E-state index contributed by atoms with van der Waals surface area (Å²) in [5.74, 6) is 5.41. The lowest BCUT2D eigenvalue weighted by atomic mass is 10.2. The molecule has 19 heavy (non-hydrogen) atoms. The van der Waals surface area contributed by atoms with Crippen LogP contribution in [0.4, 0.5) is 5.82 Å². The molecule has 1 heterocycles. The topological polar surface area (TPSA) is 106 Å². The second kappa shape index (κ2) is 5.83. The molecule has 1 aliphatic carbocycles. The van der Waals surface area contributed by atoms with Crippen LogP contribution in [0.25, 0.3) is 0 Å². The molecule has 8 heteroatoms. The largest absolute Gasteiger partial charge is 0.380 e. The summed E-state index contributed by atoms with van der Waals surface area (Å²) in [4.78, 5) is 3.93. The Morgan fingerprint density at radius 1 is 1.47 bits per heavy atom. The molecular formula is C11H18N4O3S. The van der Waals surface area contributed by atoms with Gasteiger partial charge in [0.05, 0.1) is 6.10 Å². The van der Waals surface area contributed by atoms with Gasteiger partial charge in [-0.3, -0.25) is 0 Å². The van der Waals surface area contributed by atoms with Crippen molar-refractivity contribution in [2.24, 2.45) is 5.84 Å². The van der Waals surface area contributed by atoms with Crippen LogP contribution in [0.2, 0.25) is 0 Å². The molecule has 7 nitrogen and oxygen atoms in total. The van der Waals surface area contributed by atoms with E-state index in [1.807, 2.05) is 0 Å². The van der Waals surface area contributed by atoms with Crippen LogP contribution in [0.5, 0.6) is 0 Å². The average molecular weight is 286 g/mol. The molecule has 0 bridgehead atoms. The molecule has 0 radical (unpaired) electrons. The summed E-state index contributed by atoms with van der Waals surface area (Å²) < 4.78 is 32.6. The van der Waals surface area contributed by atoms with Gasteiger partial charge in [0, 0.05) is 19.3 Å². The number of sulfonamides is 1. The minimum Gasteiger partial charge on any atom is -0.380 e. The number of hydrogen-bond donors (Lipinski definition) is 3. The molecular weight excluding hydrogens is 268 g/mol. The molecule has 1 fully saturated rings. The van der Waals surface area contributed by atoms with Crippen LogP contribution in [0, 0.1) is 0 Å². The van der Waals surface area contributed by atoms with Crippen LogP contribution < -0.4 is 16.0 Å². The third-order valence-electron chi connectivity index (χ3n) is 3.26. The lowest BCUT2D eigenvalue weighted by Crippen LogP contribution is -2.41. The van der Waals surface area contributed by atoms with E-state index in [1.165, 1.54) is 12.3 Å². The third-order valence-corrected chi connectivity index (χ3v) is 4.78. The highest BCUT2D eigenvalue weighted by Crippen LogP contribution is 2.24. The molecule has 0 amide bonds. The highest BCUT2D eigenvalue weighted by molar-refractivity contribution is 7.89. The number of nitrogens with one attached hydrogen (secondary N) is 2. The molecule has 0 saturated heterocycles. The maximum Gasteiger partial charge on any atom is 0.244 e. The highest BCUT2D eigenvalue weighted by atomic mass is 32.2. The number of hydrazine groups is 1. The fourth-order valence-electron chi connectivity index (χ4n) is 2.32. The van der Waals surface area contributed by atoms with E-state index >= 15 is 0 Å². The number of pyridine rings is 1. The number of anilines is 1. The summed E-state index contributed by atoms with van der Waals surface area (Å²) in [6.07, 6.45) is 3.96. The van der Waals surface area contributed by atoms with Crippen LogP contribution in [0.1, 0.15) is 19.3 Å². The van der Waals surface area contributed by atoms with Crippen LogP contribution in [-0.4, -0.2) is 32.7 Å². The van der Waals surface area contributed by atoms with Gasteiger partial charge in [-0.05, 0) is 31.4 Å². The quantitative estimate of drug-likeness (QED) is 0.528. The maximum atomic E-state index is 12.3. The Morgan fingerprint density at radius 3 is 2.95 bits per heavy atom. The number of nitrogens with two attached hydrogens (primary N) is 1. The zero-order valence-corrected chi connectivity index (χ0v) is 11.5. The Hall–Kier alpha value is -1.22. The standard InChI is InChI=1S/C11H18N4O3S/c1-18-9-5-2-4-8(9)15-19(16,17)10-6-3-7-13-11(10)14-12/h3,6-9,15H,2,4-5,12H2,1H3,(H,13,14). The second-order valence-corrected chi connectivity index (χ2v) is 6.11. The van der Waals surface area contributed by atoms with Gasteiger partial charge in [-0.1, -0.05) is 0 Å². The molecule has 2 rings (SSSR count). The first-order valence-corrected chi connectivity index (χ1v) is 7.53. The number of rotatable bonds is 5. The van der Waals surface area contributed by atoms with Crippen molar-refractivity contribution in [3.63, 3.8) is 0 Å². The number of hydrogen-bond acceptors (Lipinski definition) is 6. The van der Waals surface area contributed by atoms with Gasteiger partial charge in [-0.25, -0.2) is 24.0 Å². The van der Waals surface area contributed by atoms with Crippen molar-refractivity contribution in [2.45, 2.75) is 36.3 Å². The van der Waals surface area contributed by atoms with Crippen LogP contribution in [0.15, 0.2) is 23.2 Å². The zero-order chi connectivity index (χ0) is 13.9. The van der Waals surface area contributed by atoms with Gasteiger partial charge in [0.2, 0.25) is 10.0 Å². The fourth-order valence-corrected chi connectivity index (χ4v) is 3.74. The van der Waals surface area contributed by atoms with Gasteiger partial charge >= 0.3 is 0 Å². The van der Waals surface area contributed by atoms with Crippen molar-refractivity contribution in [1.82, 2.24) is 9.71 Å². The van der Waals surface area contributed by atoms with E-state index in [2.05, 4.69) is 15.1 Å². The first-order chi connectivity index (χ1) is 9.08. The predicted octanol–water partition coefficient (Wildman–Crippen LogP) is 0.213. The normalized spacial score (nSPS) is 23.5. The summed E-state index contributed by atoms with van der Waals surface area (Å²) in [6, 6.07) is 2.81. The van der Waals surface area contributed by atoms with Gasteiger partial charge in [-0.15, -0.1) is 0 Å². The van der Waals surface area contributed by atoms with Crippen molar-refractivity contribution >= 4 is 15.8 Å². The highest BCUT2D eigenvalue weighted by Gasteiger charge is 2.32. The average Bonchev–Trinajstić information content (AvgIpc) is 2.85. The Labute approximate surface area is 112 Å². The Balaban J connectivity index is 2.23. The number of methoxy groups -OCH3 is 1. The summed E-state index contributed by atoms with van der Waals surface area (Å²) in [5.41, 5.74) is 2.29. The smallest absolute Gasteiger partial charge is 0.244 e. The first kappa shape index (κ1) is 14.2. The van der Waals surface area contributed by atoms with Gasteiger partial charge in [-0.2, -0.15) is 0 Å². The monoisotopic (exact) mass is 286 g/mol. The predicted molar refractivity (Wildman–Crippen MR) is 70.8 cm³/mol. The van der Waals surface area contributed by atoms with E-state index in [4.69, 9.17) is 10.6 Å². The number of ether oxygens (including phenoxy) is 1. The molecule has 0 aromatic carbocycles. The van der Waals surface area contributed by atoms with Crippen molar-refractivity contribution < 1.29 is 13.2 Å². The number of aromatic nitrogens is 1. The minimum atomic E-state index is -3.66. The Kier molecular flexibility index (Phi) is 4.35. The van der Waals surface area contributed by atoms with E-state index in [1.54, 1.807) is 13.2 Å². The van der Waals surface area contributed by atoms with Crippen LogP contribution >= 0.6 is 0 Å². The van der Waals surface area contributed by atoms with Crippen molar-refractivity contribution in [1.29, 1.82) is 0 Å². The summed E-state index contributed by atoms with van der Waals surface area (Å²) >= 11 is 0. The molecule has 0 aliphatic heterocycles. The summed E-state index contributed by atoms with van der Waals surface area (Å²) in [7, 11) is -2.07. The second-order valence-electron chi connectivity index (χ2n) is 4.43. The van der Waals surface area contributed by atoms with E-state index in [0.29, 0.717) is 0 Å². The first-order valence-electron chi connectivity index (χ1n) is 6.05. The van der Waals surface area contributed by atoms with E-state index < -0.39 is 10.0 Å².